The molecule has 29 heavy (non-hydrogen) atoms. The van der Waals surface area contributed by atoms with Crippen LogP contribution in [0.5, 0.6) is 0 Å². The van der Waals surface area contributed by atoms with E-state index in [0.717, 1.165) is 0 Å². The normalized spacial score (nSPS) is 11.4. The lowest BCUT2D eigenvalue weighted by Gasteiger charge is -2.04. The van der Waals surface area contributed by atoms with Crippen molar-refractivity contribution in [3.05, 3.63) is 71.6 Å². The summed E-state index contributed by atoms with van der Waals surface area (Å²) in [6.45, 7) is 2.55. The fraction of sp³-hybridized carbons (Fsp3) is 0.238. The monoisotopic (exact) mass is 414 g/mol. The van der Waals surface area contributed by atoms with Gasteiger partial charge in [0.25, 0.3) is 5.91 Å². The van der Waals surface area contributed by atoms with E-state index < -0.39 is 9.84 Å². The molecule has 0 spiro atoms. The summed E-state index contributed by atoms with van der Waals surface area (Å²) in [6.07, 6.45) is 0. The number of nitrogens with zero attached hydrogens (tertiary/aromatic N) is 1. The third kappa shape index (κ3) is 5.10. The topological polar surface area (TPSA) is 98.5 Å². The van der Waals surface area contributed by atoms with E-state index in [9.17, 15) is 13.2 Å². The number of methoxy groups -OCH3 is 1. The zero-order valence-electron chi connectivity index (χ0n) is 16.2. The van der Waals surface area contributed by atoms with E-state index in [4.69, 9.17) is 9.15 Å². The van der Waals surface area contributed by atoms with Crippen LogP contribution in [0.15, 0.2) is 63.9 Å². The Morgan fingerprint density at radius 1 is 1.10 bits per heavy atom. The molecule has 0 aliphatic heterocycles. The van der Waals surface area contributed by atoms with Gasteiger partial charge in [-0.25, -0.2) is 13.4 Å². The van der Waals surface area contributed by atoms with E-state index in [1.807, 2.05) is 0 Å². The molecule has 0 saturated heterocycles. The number of ether oxygens (including phenoxy) is 1. The fourth-order valence-corrected chi connectivity index (χ4v) is 4.08. The number of amides is 1. The highest BCUT2D eigenvalue weighted by molar-refractivity contribution is 7.90. The third-order valence-corrected chi connectivity index (χ3v) is 5.95. The lowest BCUT2D eigenvalue weighted by Crippen LogP contribution is -2.26. The molecule has 0 saturated carbocycles. The Balaban J connectivity index is 1.75. The highest BCUT2D eigenvalue weighted by Crippen LogP contribution is 2.25. The first-order valence-electron chi connectivity index (χ1n) is 9.02. The van der Waals surface area contributed by atoms with Crippen LogP contribution in [-0.2, 0) is 20.3 Å². The first kappa shape index (κ1) is 20.8. The first-order chi connectivity index (χ1) is 13.9. The Hall–Kier alpha value is -2.97. The summed E-state index contributed by atoms with van der Waals surface area (Å²) < 4.78 is 35.8. The maximum atomic E-state index is 12.6. The molecule has 1 N–H and O–H groups in total. The van der Waals surface area contributed by atoms with Gasteiger partial charge in [-0.3, -0.25) is 4.79 Å². The molecule has 0 unspecified atom stereocenters. The third-order valence-electron chi connectivity index (χ3n) is 4.31. The van der Waals surface area contributed by atoms with E-state index in [-0.39, 0.29) is 16.6 Å². The molecular weight excluding hydrogens is 392 g/mol. The Kier molecular flexibility index (Phi) is 6.46. The maximum absolute atomic E-state index is 12.6. The van der Waals surface area contributed by atoms with Crippen molar-refractivity contribution in [3.63, 3.8) is 0 Å². The van der Waals surface area contributed by atoms with Crippen LogP contribution in [0.25, 0.3) is 11.5 Å². The number of hydrogen-bond donors (Lipinski definition) is 1. The van der Waals surface area contributed by atoms with Gasteiger partial charge in [0.15, 0.2) is 9.84 Å². The lowest BCUT2D eigenvalue weighted by molar-refractivity contribution is 0.0937. The Labute approximate surface area is 169 Å². The van der Waals surface area contributed by atoms with Crippen molar-refractivity contribution < 1.29 is 22.4 Å². The summed E-state index contributed by atoms with van der Waals surface area (Å²) in [7, 11) is -1.95. The smallest absolute Gasteiger partial charge is 0.251 e. The molecule has 7 nitrogen and oxygen atoms in total. The number of aromatic nitrogens is 1. The van der Waals surface area contributed by atoms with Crippen LogP contribution in [0.2, 0.25) is 0 Å². The van der Waals surface area contributed by atoms with Crippen LogP contribution in [0.3, 0.4) is 0 Å². The number of oxazole rings is 1. The molecule has 8 heteroatoms. The van der Waals surface area contributed by atoms with E-state index in [2.05, 4.69) is 10.3 Å². The van der Waals surface area contributed by atoms with E-state index in [1.54, 1.807) is 68.6 Å². The van der Waals surface area contributed by atoms with Gasteiger partial charge in [0.2, 0.25) is 5.89 Å². The largest absolute Gasteiger partial charge is 0.441 e. The van der Waals surface area contributed by atoms with Crippen LogP contribution in [0, 0.1) is 6.92 Å². The second-order valence-corrected chi connectivity index (χ2v) is 8.41. The second kappa shape index (κ2) is 9.02. The van der Waals surface area contributed by atoms with Crippen molar-refractivity contribution in [1.29, 1.82) is 0 Å². The summed E-state index contributed by atoms with van der Waals surface area (Å²) in [5.74, 6) is 0.312. The Bertz CT molecular complexity index is 1070. The molecule has 0 atom stereocenters. The molecule has 152 valence electrons. The van der Waals surface area contributed by atoms with Gasteiger partial charge in [0.1, 0.15) is 11.5 Å². The standard InChI is InChI=1S/C21H22N2O5S/c1-15-19(14-29(25,26)18-6-4-3-5-7-18)23-21(28-15)17-10-8-16(9-11-17)20(24)22-12-13-27-2/h3-11H,12-14H2,1-2H3,(H,22,24). The molecule has 0 fully saturated rings. The van der Waals surface area contributed by atoms with E-state index in [0.29, 0.717) is 41.6 Å². The molecule has 1 heterocycles. The van der Waals surface area contributed by atoms with Crippen molar-refractivity contribution in [3.8, 4) is 11.5 Å². The minimum atomic E-state index is -3.52. The van der Waals surface area contributed by atoms with E-state index in [1.165, 1.54) is 0 Å². The number of carbonyl (C=O) groups excluding carboxylic acids is 1. The molecule has 0 bridgehead atoms. The quantitative estimate of drug-likeness (QED) is 0.569. The second-order valence-electron chi connectivity index (χ2n) is 6.42. The van der Waals surface area contributed by atoms with Gasteiger partial charge in [-0.15, -0.1) is 0 Å². The van der Waals surface area contributed by atoms with E-state index >= 15 is 0 Å². The molecule has 0 aliphatic carbocycles. The predicted octanol–water partition coefficient (Wildman–Crippen LogP) is 3.00. The van der Waals surface area contributed by atoms with Crippen LogP contribution in [-0.4, -0.2) is 39.6 Å². The number of nitrogens with one attached hydrogen (secondary N) is 1. The first-order valence-corrected chi connectivity index (χ1v) is 10.7. The van der Waals surface area contributed by atoms with Gasteiger partial charge in [0, 0.05) is 24.8 Å². The van der Waals surface area contributed by atoms with Crippen molar-refractivity contribution in [2.75, 3.05) is 20.3 Å². The predicted molar refractivity (Wildman–Crippen MR) is 108 cm³/mol. The summed E-state index contributed by atoms with van der Waals surface area (Å²) in [4.78, 5) is 16.7. The van der Waals surface area contributed by atoms with Crippen LogP contribution in [0.1, 0.15) is 21.8 Å². The molecule has 1 amide bonds. The fourth-order valence-electron chi connectivity index (χ4n) is 2.71. The zero-order valence-corrected chi connectivity index (χ0v) is 17.0. The summed E-state index contributed by atoms with van der Waals surface area (Å²) in [6, 6.07) is 15.0. The Morgan fingerprint density at radius 2 is 1.79 bits per heavy atom. The SMILES string of the molecule is COCCNC(=O)c1ccc(-c2nc(CS(=O)(=O)c3ccccc3)c(C)o2)cc1. The average Bonchev–Trinajstić information content (AvgIpc) is 3.08. The number of benzene rings is 2. The lowest BCUT2D eigenvalue weighted by atomic mass is 10.1. The van der Waals surface area contributed by atoms with Gasteiger partial charge in [-0.2, -0.15) is 0 Å². The number of hydrogen-bond acceptors (Lipinski definition) is 6. The molecule has 0 aliphatic rings. The van der Waals surface area contributed by atoms with Gasteiger partial charge in [0.05, 0.1) is 17.2 Å². The van der Waals surface area contributed by atoms with Gasteiger partial charge in [-0.05, 0) is 43.3 Å². The van der Waals surface area contributed by atoms with Crippen molar-refractivity contribution >= 4 is 15.7 Å². The average molecular weight is 414 g/mol. The van der Waals surface area contributed by atoms with Crippen LogP contribution in [0.4, 0.5) is 0 Å². The molecule has 3 aromatic rings. The molecular formula is C21H22N2O5S. The highest BCUT2D eigenvalue weighted by atomic mass is 32.2. The maximum Gasteiger partial charge on any atom is 0.251 e. The van der Waals surface area contributed by atoms with Crippen LogP contribution < -0.4 is 5.32 Å². The molecule has 0 radical (unpaired) electrons. The van der Waals surface area contributed by atoms with Crippen molar-refractivity contribution in [1.82, 2.24) is 10.3 Å². The highest BCUT2D eigenvalue weighted by Gasteiger charge is 2.21. The Morgan fingerprint density at radius 3 is 2.45 bits per heavy atom. The summed E-state index contributed by atoms with van der Waals surface area (Å²) >= 11 is 0. The van der Waals surface area contributed by atoms with Gasteiger partial charge in [-0.1, -0.05) is 18.2 Å². The number of sulfone groups is 1. The number of aryl methyl sites for hydroxylation is 1. The van der Waals surface area contributed by atoms with Gasteiger partial charge >= 0.3 is 0 Å². The molecule has 2 aromatic carbocycles. The number of rotatable bonds is 8. The van der Waals surface area contributed by atoms with Gasteiger partial charge < -0.3 is 14.5 Å². The summed E-state index contributed by atoms with van der Waals surface area (Å²) in [5, 5.41) is 2.74. The molecule has 3 rings (SSSR count). The summed E-state index contributed by atoms with van der Waals surface area (Å²) in [5.41, 5.74) is 1.52. The number of carbonyl (C=O) groups is 1. The van der Waals surface area contributed by atoms with Crippen molar-refractivity contribution in [2.45, 2.75) is 17.6 Å². The van der Waals surface area contributed by atoms with Crippen molar-refractivity contribution in [2.24, 2.45) is 0 Å². The minimum Gasteiger partial charge on any atom is -0.441 e. The minimum absolute atomic E-state index is 0.202. The molecule has 1 aromatic heterocycles. The van der Waals surface area contributed by atoms with Crippen LogP contribution >= 0.6 is 0 Å². The zero-order chi connectivity index (χ0) is 20.9.